The molecule has 2 amide bonds. The van der Waals surface area contributed by atoms with Crippen molar-refractivity contribution >= 4 is 23.4 Å². The minimum Gasteiger partial charge on any atom is -0.484 e. The van der Waals surface area contributed by atoms with Gasteiger partial charge in [0, 0.05) is 17.1 Å². The van der Waals surface area contributed by atoms with Gasteiger partial charge in [-0.25, -0.2) is 0 Å². The number of aryl methyl sites for hydroxylation is 1. The van der Waals surface area contributed by atoms with Crippen LogP contribution in [0.2, 0.25) is 5.02 Å². The zero-order valence-corrected chi connectivity index (χ0v) is 18.4. The summed E-state index contributed by atoms with van der Waals surface area (Å²) in [4.78, 5) is 27.2. The molecule has 0 aliphatic carbocycles. The van der Waals surface area contributed by atoms with E-state index in [0.717, 1.165) is 11.1 Å². The fourth-order valence-corrected chi connectivity index (χ4v) is 2.95. The van der Waals surface area contributed by atoms with E-state index in [2.05, 4.69) is 5.32 Å². The molecule has 0 radical (unpaired) electrons. The highest BCUT2D eigenvalue weighted by atomic mass is 35.5. The van der Waals surface area contributed by atoms with Crippen molar-refractivity contribution in [2.75, 3.05) is 6.61 Å². The maximum Gasteiger partial charge on any atom is 0.261 e. The van der Waals surface area contributed by atoms with Gasteiger partial charge in [-0.3, -0.25) is 9.59 Å². The summed E-state index contributed by atoms with van der Waals surface area (Å²) in [5, 5.41) is 3.54. The van der Waals surface area contributed by atoms with E-state index < -0.39 is 6.04 Å². The molecule has 5 nitrogen and oxygen atoms in total. The van der Waals surface area contributed by atoms with Crippen LogP contribution in [0.3, 0.4) is 0 Å². The van der Waals surface area contributed by atoms with E-state index in [1.54, 1.807) is 36.1 Å². The number of nitrogens with zero attached hydrogens (tertiary/aromatic N) is 1. The van der Waals surface area contributed by atoms with Crippen molar-refractivity contribution in [2.45, 2.75) is 52.7 Å². The number of halogens is 1. The molecule has 0 heterocycles. The van der Waals surface area contributed by atoms with Gasteiger partial charge in [-0.05, 0) is 64.4 Å². The molecule has 1 atom stereocenters. The lowest BCUT2D eigenvalue weighted by atomic mass is 10.1. The van der Waals surface area contributed by atoms with Crippen LogP contribution in [0.4, 0.5) is 0 Å². The molecule has 0 bridgehead atoms. The molecule has 29 heavy (non-hydrogen) atoms. The standard InChI is InChI=1S/C23H29ClN2O3/c1-16-7-6-8-18(13-16)14-26(17(2)22(28)25-23(3,4)5)21(27)15-29-20-11-9-19(24)10-12-20/h6-13,17H,14-15H2,1-5H3,(H,25,28). The van der Waals surface area contributed by atoms with Crippen LogP contribution in [0, 0.1) is 6.92 Å². The van der Waals surface area contributed by atoms with Gasteiger partial charge in [0.25, 0.3) is 5.91 Å². The SMILES string of the molecule is Cc1cccc(CN(C(=O)COc2ccc(Cl)cc2)C(C)C(=O)NC(C)(C)C)c1. The second-order valence-electron chi connectivity index (χ2n) is 8.17. The first-order chi connectivity index (χ1) is 13.5. The molecule has 6 heteroatoms. The Morgan fingerprint density at radius 2 is 1.79 bits per heavy atom. The summed E-state index contributed by atoms with van der Waals surface area (Å²) in [7, 11) is 0. The highest BCUT2D eigenvalue weighted by molar-refractivity contribution is 6.30. The van der Waals surface area contributed by atoms with Crippen LogP contribution in [0.5, 0.6) is 5.75 Å². The second kappa shape index (κ2) is 9.79. The highest BCUT2D eigenvalue weighted by Crippen LogP contribution is 2.17. The lowest BCUT2D eigenvalue weighted by Gasteiger charge is -2.31. The average Bonchev–Trinajstić information content (AvgIpc) is 2.63. The summed E-state index contributed by atoms with van der Waals surface area (Å²) in [5.41, 5.74) is 1.67. The van der Waals surface area contributed by atoms with Gasteiger partial charge in [-0.2, -0.15) is 0 Å². The van der Waals surface area contributed by atoms with Crippen LogP contribution in [0.1, 0.15) is 38.8 Å². The topological polar surface area (TPSA) is 58.6 Å². The molecule has 2 aromatic rings. The van der Waals surface area contributed by atoms with Crippen molar-refractivity contribution in [3.05, 3.63) is 64.7 Å². The number of amides is 2. The molecule has 1 N–H and O–H groups in total. The number of nitrogens with one attached hydrogen (secondary N) is 1. The molecule has 0 saturated carbocycles. The van der Waals surface area contributed by atoms with E-state index in [1.165, 1.54) is 0 Å². The van der Waals surface area contributed by atoms with Gasteiger partial charge >= 0.3 is 0 Å². The van der Waals surface area contributed by atoms with Gasteiger partial charge in [-0.15, -0.1) is 0 Å². The van der Waals surface area contributed by atoms with Crippen LogP contribution >= 0.6 is 11.6 Å². The molecule has 1 unspecified atom stereocenters. The van der Waals surface area contributed by atoms with E-state index in [4.69, 9.17) is 16.3 Å². The smallest absolute Gasteiger partial charge is 0.261 e. The van der Waals surface area contributed by atoms with Crippen LogP contribution in [0.25, 0.3) is 0 Å². The summed E-state index contributed by atoms with van der Waals surface area (Å²) >= 11 is 5.88. The number of rotatable bonds is 7. The molecule has 0 saturated heterocycles. The number of ether oxygens (including phenoxy) is 1. The maximum absolute atomic E-state index is 13.0. The molecule has 0 aliphatic rings. The Hall–Kier alpha value is -2.53. The molecular formula is C23H29ClN2O3. The quantitative estimate of drug-likeness (QED) is 0.729. The Bertz CT molecular complexity index is 844. The van der Waals surface area contributed by atoms with E-state index >= 15 is 0 Å². The van der Waals surface area contributed by atoms with E-state index in [-0.39, 0.29) is 24.0 Å². The van der Waals surface area contributed by atoms with Crippen molar-refractivity contribution < 1.29 is 14.3 Å². The molecule has 2 aromatic carbocycles. The first-order valence-electron chi connectivity index (χ1n) is 9.60. The Labute approximate surface area is 178 Å². The molecule has 0 fully saturated rings. The van der Waals surface area contributed by atoms with Crippen molar-refractivity contribution in [3.63, 3.8) is 0 Å². The van der Waals surface area contributed by atoms with Gasteiger partial charge in [0.15, 0.2) is 6.61 Å². The summed E-state index contributed by atoms with van der Waals surface area (Å²) in [6.07, 6.45) is 0. The molecule has 2 rings (SSSR count). The van der Waals surface area contributed by atoms with Gasteiger partial charge < -0.3 is 15.0 Å². The predicted molar refractivity (Wildman–Crippen MR) is 116 cm³/mol. The fraction of sp³-hybridized carbons (Fsp3) is 0.391. The molecule has 156 valence electrons. The zero-order chi connectivity index (χ0) is 21.6. The predicted octanol–water partition coefficient (Wildman–Crippen LogP) is 4.36. The van der Waals surface area contributed by atoms with Gasteiger partial charge in [0.2, 0.25) is 5.91 Å². The fourth-order valence-electron chi connectivity index (χ4n) is 2.82. The molecule has 0 spiro atoms. The van der Waals surface area contributed by atoms with Crippen molar-refractivity contribution in [1.29, 1.82) is 0 Å². The number of carbonyl (C=O) groups excluding carboxylic acids is 2. The van der Waals surface area contributed by atoms with Crippen LogP contribution in [-0.2, 0) is 16.1 Å². The Balaban J connectivity index is 2.16. The van der Waals surface area contributed by atoms with Crippen LogP contribution in [-0.4, -0.2) is 34.9 Å². The summed E-state index contributed by atoms with van der Waals surface area (Å²) in [6.45, 7) is 9.62. The van der Waals surface area contributed by atoms with E-state index in [0.29, 0.717) is 17.3 Å². The first kappa shape index (κ1) is 22.8. The number of benzene rings is 2. The largest absolute Gasteiger partial charge is 0.484 e. The zero-order valence-electron chi connectivity index (χ0n) is 17.7. The molecular weight excluding hydrogens is 388 g/mol. The first-order valence-corrected chi connectivity index (χ1v) is 9.98. The third-order valence-electron chi connectivity index (χ3n) is 4.28. The van der Waals surface area contributed by atoms with Gasteiger partial charge in [0.05, 0.1) is 0 Å². The Morgan fingerprint density at radius 3 is 2.38 bits per heavy atom. The van der Waals surface area contributed by atoms with Crippen molar-refractivity contribution in [1.82, 2.24) is 10.2 Å². The third-order valence-corrected chi connectivity index (χ3v) is 4.53. The Morgan fingerprint density at radius 1 is 1.14 bits per heavy atom. The lowest BCUT2D eigenvalue weighted by molar-refractivity contribution is -0.142. The highest BCUT2D eigenvalue weighted by Gasteiger charge is 2.28. The summed E-state index contributed by atoms with van der Waals surface area (Å²) < 4.78 is 5.61. The minimum atomic E-state index is -0.643. The monoisotopic (exact) mass is 416 g/mol. The van der Waals surface area contributed by atoms with Crippen molar-refractivity contribution in [3.8, 4) is 5.75 Å². The van der Waals surface area contributed by atoms with Gasteiger partial charge in [-0.1, -0.05) is 41.4 Å². The number of hydrogen-bond acceptors (Lipinski definition) is 3. The molecule has 0 aliphatic heterocycles. The average molecular weight is 417 g/mol. The van der Waals surface area contributed by atoms with Crippen LogP contribution in [0.15, 0.2) is 48.5 Å². The third kappa shape index (κ3) is 7.42. The Kier molecular flexibility index (Phi) is 7.68. The summed E-state index contributed by atoms with van der Waals surface area (Å²) in [5.74, 6) is 0.0769. The van der Waals surface area contributed by atoms with Gasteiger partial charge in [0.1, 0.15) is 11.8 Å². The molecule has 0 aromatic heterocycles. The minimum absolute atomic E-state index is 0.166. The normalized spacial score (nSPS) is 12.2. The maximum atomic E-state index is 13.0. The van der Waals surface area contributed by atoms with E-state index in [1.807, 2.05) is 52.0 Å². The number of carbonyl (C=O) groups is 2. The van der Waals surface area contributed by atoms with Crippen molar-refractivity contribution in [2.24, 2.45) is 0 Å². The van der Waals surface area contributed by atoms with E-state index in [9.17, 15) is 9.59 Å². The lowest BCUT2D eigenvalue weighted by Crippen LogP contribution is -2.53. The summed E-state index contributed by atoms with van der Waals surface area (Å²) in [6, 6.07) is 14.1. The number of hydrogen-bond donors (Lipinski definition) is 1. The van der Waals surface area contributed by atoms with Crippen LogP contribution < -0.4 is 10.1 Å². The second-order valence-corrected chi connectivity index (χ2v) is 8.60.